The van der Waals surface area contributed by atoms with Gasteiger partial charge in [0.1, 0.15) is 0 Å². The highest BCUT2D eigenvalue weighted by atomic mass is 16.5. The molecular formula is C17H30N2O. The molecule has 0 atom stereocenters. The van der Waals surface area contributed by atoms with E-state index in [1.165, 1.54) is 16.8 Å². The van der Waals surface area contributed by atoms with Crippen molar-refractivity contribution in [3.63, 3.8) is 0 Å². The summed E-state index contributed by atoms with van der Waals surface area (Å²) in [7, 11) is 3.76. The summed E-state index contributed by atoms with van der Waals surface area (Å²) in [5, 5.41) is 3.21. The van der Waals surface area contributed by atoms with Crippen molar-refractivity contribution in [3.8, 4) is 0 Å². The molecule has 20 heavy (non-hydrogen) atoms. The number of hydrogen-bond acceptors (Lipinski definition) is 3. The van der Waals surface area contributed by atoms with Crippen molar-refractivity contribution >= 4 is 5.69 Å². The molecule has 1 rings (SSSR count). The fourth-order valence-electron chi connectivity index (χ4n) is 2.77. The van der Waals surface area contributed by atoms with Crippen molar-refractivity contribution in [2.24, 2.45) is 0 Å². The molecule has 0 unspecified atom stereocenters. The van der Waals surface area contributed by atoms with Crippen LogP contribution < -0.4 is 10.2 Å². The zero-order chi connectivity index (χ0) is 15.0. The molecule has 0 aliphatic rings. The van der Waals surface area contributed by atoms with Gasteiger partial charge in [-0.1, -0.05) is 26.0 Å². The first-order valence-electron chi connectivity index (χ1n) is 7.67. The second kappa shape index (κ2) is 8.98. The zero-order valence-corrected chi connectivity index (χ0v) is 13.7. The number of methoxy groups -OCH3 is 1. The highest BCUT2D eigenvalue weighted by molar-refractivity contribution is 5.55. The van der Waals surface area contributed by atoms with E-state index >= 15 is 0 Å². The zero-order valence-electron chi connectivity index (χ0n) is 13.7. The second-order valence-corrected chi connectivity index (χ2v) is 5.31. The Labute approximate surface area is 124 Å². The van der Waals surface area contributed by atoms with Crippen LogP contribution in [0.2, 0.25) is 0 Å². The van der Waals surface area contributed by atoms with Gasteiger partial charge in [0.2, 0.25) is 0 Å². The first kappa shape index (κ1) is 17.0. The minimum absolute atomic E-state index is 0.582. The Bertz CT molecular complexity index is 389. The van der Waals surface area contributed by atoms with Gasteiger partial charge in [0.25, 0.3) is 0 Å². The lowest BCUT2D eigenvalue weighted by atomic mass is 10.0. The van der Waals surface area contributed by atoms with E-state index in [0.29, 0.717) is 6.04 Å². The summed E-state index contributed by atoms with van der Waals surface area (Å²) in [6.45, 7) is 9.38. The molecule has 0 bridgehead atoms. The lowest BCUT2D eigenvalue weighted by Gasteiger charge is -2.34. The standard InChI is InChI=1S/C17H30N2O/c1-6-16(7-2)19(10-11-20-5)17-9-8-15(13-18-4)12-14(17)3/h8-9,12,16,18H,6-7,10-11,13H2,1-5H3. The number of ether oxygens (including phenoxy) is 1. The summed E-state index contributed by atoms with van der Waals surface area (Å²) in [4.78, 5) is 2.50. The number of benzene rings is 1. The van der Waals surface area contributed by atoms with Crippen LogP contribution in [0.15, 0.2) is 18.2 Å². The van der Waals surface area contributed by atoms with E-state index in [1.54, 1.807) is 7.11 Å². The third kappa shape index (κ3) is 4.50. The van der Waals surface area contributed by atoms with Gasteiger partial charge in [-0.05, 0) is 44.0 Å². The van der Waals surface area contributed by atoms with Gasteiger partial charge in [-0.15, -0.1) is 0 Å². The molecule has 114 valence electrons. The fourth-order valence-corrected chi connectivity index (χ4v) is 2.77. The highest BCUT2D eigenvalue weighted by Crippen LogP contribution is 2.25. The lowest BCUT2D eigenvalue weighted by molar-refractivity contribution is 0.202. The Balaban J connectivity index is 2.99. The summed E-state index contributed by atoms with van der Waals surface area (Å²) in [5.41, 5.74) is 4.03. The Morgan fingerprint density at radius 3 is 2.45 bits per heavy atom. The summed E-state index contributed by atoms with van der Waals surface area (Å²) >= 11 is 0. The van der Waals surface area contributed by atoms with Crippen molar-refractivity contribution in [2.45, 2.75) is 46.2 Å². The first-order valence-corrected chi connectivity index (χ1v) is 7.67. The van der Waals surface area contributed by atoms with Gasteiger partial charge in [-0.25, -0.2) is 0 Å². The topological polar surface area (TPSA) is 24.5 Å². The van der Waals surface area contributed by atoms with Crippen molar-refractivity contribution < 1.29 is 4.74 Å². The van der Waals surface area contributed by atoms with Crippen molar-refractivity contribution in [1.29, 1.82) is 0 Å². The molecule has 3 heteroatoms. The summed E-state index contributed by atoms with van der Waals surface area (Å²) in [6.07, 6.45) is 2.33. The highest BCUT2D eigenvalue weighted by Gasteiger charge is 2.17. The number of rotatable bonds is 9. The second-order valence-electron chi connectivity index (χ2n) is 5.31. The van der Waals surface area contributed by atoms with Crippen molar-refractivity contribution in [1.82, 2.24) is 5.32 Å². The van der Waals surface area contributed by atoms with E-state index in [1.807, 2.05) is 7.05 Å². The van der Waals surface area contributed by atoms with Crippen LogP contribution >= 0.6 is 0 Å². The Morgan fingerprint density at radius 1 is 1.25 bits per heavy atom. The van der Waals surface area contributed by atoms with Crippen LogP contribution in [0, 0.1) is 6.92 Å². The Kier molecular flexibility index (Phi) is 7.63. The van der Waals surface area contributed by atoms with E-state index in [-0.39, 0.29) is 0 Å². The fraction of sp³-hybridized carbons (Fsp3) is 0.647. The lowest BCUT2D eigenvalue weighted by Crippen LogP contribution is -2.37. The maximum Gasteiger partial charge on any atom is 0.0637 e. The van der Waals surface area contributed by atoms with E-state index < -0.39 is 0 Å². The van der Waals surface area contributed by atoms with E-state index in [0.717, 1.165) is 32.5 Å². The number of nitrogens with zero attached hydrogens (tertiary/aromatic N) is 1. The van der Waals surface area contributed by atoms with Gasteiger partial charge in [0, 0.05) is 31.9 Å². The van der Waals surface area contributed by atoms with Gasteiger partial charge in [-0.2, -0.15) is 0 Å². The molecule has 0 aromatic heterocycles. The smallest absolute Gasteiger partial charge is 0.0637 e. The molecule has 1 N–H and O–H groups in total. The molecule has 1 aromatic rings. The molecule has 3 nitrogen and oxygen atoms in total. The molecule has 0 spiro atoms. The quantitative estimate of drug-likeness (QED) is 0.749. The third-order valence-corrected chi connectivity index (χ3v) is 3.87. The van der Waals surface area contributed by atoms with Crippen LogP contribution in [0.3, 0.4) is 0 Å². The van der Waals surface area contributed by atoms with Crippen molar-refractivity contribution in [2.75, 3.05) is 32.2 Å². The normalized spacial score (nSPS) is 11.1. The molecular weight excluding hydrogens is 248 g/mol. The molecule has 0 amide bonds. The monoisotopic (exact) mass is 278 g/mol. The predicted molar refractivity (Wildman–Crippen MR) is 87.5 cm³/mol. The van der Waals surface area contributed by atoms with Gasteiger partial charge in [-0.3, -0.25) is 0 Å². The summed E-state index contributed by atoms with van der Waals surface area (Å²) in [5.74, 6) is 0. The number of nitrogens with one attached hydrogen (secondary N) is 1. The number of aryl methyl sites for hydroxylation is 1. The average molecular weight is 278 g/mol. The Morgan fingerprint density at radius 2 is 1.95 bits per heavy atom. The number of hydrogen-bond donors (Lipinski definition) is 1. The van der Waals surface area contributed by atoms with E-state index in [2.05, 4.69) is 49.2 Å². The minimum atomic E-state index is 0.582. The molecule has 0 fully saturated rings. The minimum Gasteiger partial charge on any atom is -0.383 e. The van der Waals surface area contributed by atoms with Crippen molar-refractivity contribution in [3.05, 3.63) is 29.3 Å². The van der Waals surface area contributed by atoms with Gasteiger partial charge >= 0.3 is 0 Å². The Hall–Kier alpha value is -1.06. The molecule has 0 heterocycles. The van der Waals surface area contributed by atoms with Crippen LogP contribution in [-0.4, -0.2) is 33.4 Å². The molecule has 0 saturated carbocycles. The molecule has 0 aliphatic heterocycles. The van der Waals surface area contributed by atoms with Crippen LogP contribution in [0.5, 0.6) is 0 Å². The van der Waals surface area contributed by atoms with Crippen LogP contribution in [0.25, 0.3) is 0 Å². The molecule has 1 aromatic carbocycles. The summed E-state index contributed by atoms with van der Waals surface area (Å²) in [6, 6.07) is 7.35. The summed E-state index contributed by atoms with van der Waals surface area (Å²) < 4.78 is 5.28. The maximum absolute atomic E-state index is 5.28. The molecule has 0 saturated heterocycles. The van der Waals surface area contributed by atoms with Crippen LogP contribution in [0.4, 0.5) is 5.69 Å². The SMILES string of the molecule is CCC(CC)N(CCOC)c1ccc(CNC)cc1C. The van der Waals surface area contributed by atoms with Crippen LogP contribution in [-0.2, 0) is 11.3 Å². The maximum atomic E-state index is 5.28. The van der Waals surface area contributed by atoms with Gasteiger partial charge in [0.15, 0.2) is 0 Å². The largest absolute Gasteiger partial charge is 0.383 e. The van der Waals surface area contributed by atoms with E-state index in [4.69, 9.17) is 4.74 Å². The third-order valence-electron chi connectivity index (χ3n) is 3.87. The average Bonchev–Trinajstić information content (AvgIpc) is 2.45. The van der Waals surface area contributed by atoms with Crippen LogP contribution in [0.1, 0.15) is 37.8 Å². The molecule has 0 radical (unpaired) electrons. The predicted octanol–water partition coefficient (Wildman–Crippen LogP) is 3.36. The van der Waals surface area contributed by atoms with E-state index in [9.17, 15) is 0 Å². The number of anilines is 1. The van der Waals surface area contributed by atoms with Gasteiger partial charge < -0.3 is 15.0 Å². The first-order chi connectivity index (χ1) is 9.67. The van der Waals surface area contributed by atoms with Gasteiger partial charge in [0.05, 0.1) is 6.61 Å². The molecule has 0 aliphatic carbocycles.